The monoisotopic (exact) mass is 479 g/mol. The lowest BCUT2D eigenvalue weighted by molar-refractivity contribution is -0.453. The molecule has 20 heteroatoms. The fourth-order valence-corrected chi connectivity index (χ4v) is 1.56. The van der Waals surface area contributed by atoms with Gasteiger partial charge >= 0.3 is 52.0 Å². The molecule has 0 unspecified atom stereocenters. The lowest BCUT2D eigenvalue weighted by Gasteiger charge is -2.41. The minimum atomic E-state index is -8.45. The van der Waals surface area contributed by atoms with Crippen LogP contribution in [0.25, 0.3) is 0 Å². The zero-order chi connectivity index (χ0) is 23.4. The van der Waals surface area contributed by atoms with Crippen LogP contribution in [0, 0.1) is 0 Å². The van der Waals surface area contributed by atoms with Crippen LogP contribution in [0.2, 0.25) is 0 Å². The van der Waals surface area contributed by atoms with E-state index in [1.165, 1.54) is 0 Å². The van der Waals surface area contributed by atoms with Crippen molar-refractivity contribution in [2.75, 3.05) is 6.61 Å². The highest BCUT2D eigenvalue weighted by Gasteiger charge is 2.93. The summed E-state index contributed by atoms with van der Waals surface area (Å²) in [4.78, 5) is 0. The van der Waals surface area contributed by atoms with Crippen molar-refractivity contribution in [3.63, 3.8) is 0 Å². The first-order valence-corrected chi connectivity index (χ1v) is 7.18. The topological polar surface area (TPSA) is 69.4 Å². The van der Waals surface area contributed by atoms with E-state index in [4.69, 9.17) is 0 Å². The molecule has 0 radical (unpaired) electrons. The average molecular weight is 479 g/mol. The van der Waals surface area contributed by atoms with Gasteiger partial charge in [-0.15, -0.1) is 0 Å². The highest BCUT2D eigenvalue weighted by atomic mass is 32.2. The standard InChI is InChI=1S/C8H4F15NO3S/c9-2(10,1-27-28(24,25)26)3(11,12)4(13,14)5(15,16)6(17,18)7(19,20)8(21,22)23/h1H2,(H2,24,25,26). The van der Waals surface area contributed by atoms with Crippen LogP contribution in [0.15, 0.2) is 0 Å². The van der Waals surface area contributed by atoms with Crippen LogP contribution in [-0.2, 0) is 14.5 Å². The van der Waals surface area contributed by atoms with Crippen LogP contribution in [0.1, 0.15) is 0 Å². The summed E-state index contributed by atoms with van der Waals surface area (Å²) in [6.07, 6.45) is -7.70. The molecule has 28 heavy (non-hydrogen) atoms. The molecule has 0 aliphatic carbocycles. The molecule has 4 nitrogen and oxygen atoms in total. The van der Waals surface area contributed by atoms with Gasteiger partial charge in [0.2, 0.25) is 0 Å². The lowest BCUT2D eigenvalue weighted by Crippen LogP contribution is -2.73. The Morgan fingerprint density at radius 2 is 0.857 bits per heavy atom. The molecule has 0 aromatic carbocycles. The molecule has 170 valence electrons. The zero-order valence-electron chi connectivity index (χ0n) is 12.1. The highest BCUT2D eigenvalue weighted by Crippen LogP contribution is 2.62. The second-order valence-corrected chi connectivity index (χ2v) is 6.05. The Morgan fingerprint density at radius 3 is 1.14 bits per heavy atom. The van der Waals surface area contributed by atoms with Gasteiger partial charge in [-0.3, -0.25) is 4.18 Å². The fraction of sp³-hybridized carbons (Fsp3) is 1.00. The number of nitrogens with two attached hydrogens (primary N) is 1. The van der Waals surface area contributed by atoms with Gasteiger partial charge in [-0.2, -0.15) is 74.3 Å². The molecule has 0 saturated heterocycles. The van der Waals surface area contributed by atoms with Gasteiger partial charge in [0.15, 0.2) is 0 Å². The number of alkyl halides is 15. The molecule has 0 heterocycles. The van der Waals surface area contributed by atoms with Crippen LogP contribution in [0.5, 0.6) is 0 Å². The van der Waals surface area contributed by atoms with Gasteiger partial charge in [0.25, 0.3) is 0 Å². The third-order valence-electron chi connectivity index (χ3n) is 2.80. The number of rotatable bonds is 8. The second-order valence-electron chi connectivity index (χ2n) is 4.83. The van der Waals surface area contributed by atoms with Gasteiger partial charge in [0.1, 0.15) is 6.61 Å². The number of hydrogen-bond donors (Lipinski definition) is 1. The molecule has 0 rings (SSSR count). The van der Waals surface area contributed by atoms with E-state index in [2.05, 4.69) is 9.32 Å². The van der Waals surface area contributed by atoms with Crippen molar-refractivity contribution in [2.24, 2.45) is 5.14 Å². The summed E-state index contributed by atoms with van der Waals surface area (Å²) in [6, 6.07) is 0. The molecule has 0 atom stereocenters. The molecule has 2 N–H and O–H groups in total. The maximum absolute atomic E-state index is 13.1. The smallest absolute Gasteiger partial charge is 0.252 e. The summed E-state index contributed by atoms with van der Waals surface area (Å²) in [5, 5.41) is 3.85. The van der Waals surface area contributed by atoms with Gasteiger partial charge in [-0.1, -0.05) is 0 Å². The molecule has 0 fully saturated rings. The van der Waals surface area contributed by atoms with Crippen LogP contribution in [-0.4, -0.2) is 56.7 Å². The third kappa shape index (κ3) is 3.94. The van der Waals surface area contributed by atoms with Crippen LogP contribution >= 0.6 is 0 Å². The van der Waals surface area contributed by atoms with Crippen LogP contribution < -0.4 is 5.14 Å². The Bertz CT molecular complexity index is 682. The minimum Gasteiger partial charge on any atom is -0.252 e. The maximum Gasteiger partial charge on any atom is 0.460 e. The Morgan fingerprint density at radius 1 is 0.571 bits per heavy atom. The van der Waals surface area contributed by atoms with Crippen molar-refractivity contribution in [1.82, 2.24) is 0 Å². The van der Waals surface area contributed by atoms with E-state index >= 15 is 0 Å². The molecule has 0 amide bonds. The van der Waals surface area contributed by atoms with E-state index in [0.717, 1.165) is 0 Å². The normalized spacial score (nSPS) is 16.4. The predicted molar refractivity (Wildman–Crippen MR) is 54.8 cm³/mol. The SMILES string of the molecule is NS(=O)(=O)OCC(F)(F)C(F)(F)C(F)(F)C(F)(F)C(F)(F)C(F)(F)C(F)(F)F. The molecule has 0 aromatic heterocycles. The molecular weight excluding hydrogens is 475 g/mol. The van der Waals surface area contributed by atoms with E-state index < -0.39 is 58.6 Å². The van der Waals surface area contributed by atoms with E-state index in [0.29, 0.717) is 0 Å². The highest BCUT2D eigenvalue weighted by molar-refractivity contribution is 7.84. The Hall–Kier alpha value is -1.18. The van der Waals surface area contributed by atoms with Gasteiger partial charge in [-0.25, -0.2) is 5.14 Å². The summed E-state index contributed by atoms with van der Waals surface area (Å²) in [5.41, 5.74) is 0. The summed E-state index contributed by atoms with van der Waals surface area (Å²) in [6.45, 7) is -3.49. The molecule has 0 spiro atoms. The second kappa shape index (κ2) is 6.67. The van der Waals surface area contributed by atoms with Crippen molar-refractivity contribution >= 4 is 10.3 Å². The first kappa shape index (κ1) is 26.8. The van der Waals surface area contributed by atoms with E-state index in [1.807, 2.05) is 0 Å². The van der Waals surface area contributed by atoms with E-state index in [1.54, 1.807) is 0 Å². The Balaban J connectivity index is 6.39. The summed E-state index contributed by atoms with van der Waals surface area (Å²) in [7, 11) is -5.63. The first-order chi connectivity index (χ1) is 11.7. The summed E-state index contributed by atoms with van der Waals surface area (Å²) in [5.74, 6) is -47.9. The van der Waals surface area contributed by atoms with Crippen molar-refractivity contribution in [3.05, 3.63) is 0 Å². The van der Waals surface area contributed by atoms with Crippen LogP contribution in [0.3, 0.4) is 0 Å². The summed E-state index contributed by atoms with van der Waals surface area (Å²) >= 11 is 0. The van der Waals surface area contributed by atoms with E-state index in [-0.39, 0.29) is 0 Å². The largest absolute Gasteiger partial charge is 0.460 e. The van der Waals surface area contributed by atoms with Gasteiger partial charge < -0.3 is 0 Å². The van der Waals surface area contributed by atoms with Gasteiger partial charge in [-0.05, 0) is 0 Å². The molecule has 0 aliphatic heterocycles. The summed E-state index contributed by atoms with van der Waals surface area (Å²) < 4.78 is 214. The first-order valence-electron chi connectivity index (χ1n) is 5.71. The average Bonchev–Trinajstić information content (AvgIpc) is 2.42. The van der Waals surface area contributed by atoms with Crippen molar-refractivity contribution in [3.8, 4) is 0 Å². The molecule has 0 saturated carbocycles. The molecule has 0 aliphatic rings. The predicted octanol–water partition coefficient (Wildman–Crippen LogP) is 3.58. The fourth-order valence-electron chi connectivity index (χ4n) is 1.25. The number of halogens is 15. The van der Waals surface area contributed by atoms with Crippen molar-refractivity contribution in [2.45, 2.75) is 41.7 Å². The van der Waals surface area contributed by atoms with E-state index in [9.17, 15) is 74.3 Å². The van der Waals surface area contributed by atoms with Gasteiger partial charge in [0.05, 0.1) is 0 Å². The van der Waals surface area contributed by atoms with Crippen LogP contribution in [0.4, 0.5) is 65.9 Å². The lowest BCUT2D eigenvalue weighted by atomic mass is 9.91. The maximum atomic E-state index is 13.1. The number of hydrogen-bond acceptors (Lipinski definition) is 3. The van der Waals surface area contributed by atoms with Crippen molar-refractivity contribution < 1.29 is 78.5 Å². The molecular formula is C8H4F15NO3S. The Kier molecular flexibility index (Phi) is 6.39. The zero-order valence-corrected chi connectivity index (χ0v) is 12.9. The molecule has 0 aromatic rings. The van der Waals surface area contributed by atoms with Gasteiger partial charge in [0, 0.05) is 0 Å². The Labute approximate surface area is 143 Å². The molecule has 0 bridgehead atoms. The third-order valence-corrected chi connectivity index (χ3v) is 3.24. The quantitative estimate of drug-likeness (QED) is 0.542. The minimum absolute atomic E-state index is 2.72. The van der Waals surface area contributed by atoms with Crippen molar-refractivity contribution in [1.29, 1.82) is 0 Å².